The third-order valence-corrected chi connectivity index (χ3v) is 2.50. The average molecular weight is 277 g/mol. The molecule has 0 radical (unpaired) electrons. The first-order valence-electron chi connectivity index (χ1n) is 4.72. The van der Waals surface area contributed by atoms with Crippen molar-refractivity contribution in [3.8, 4) is 0 Å². The minimum Gasteiger partial charge on any atom is -0.322 e. The van der Waals surface area contributed by atoms with Gasteiger partial charge in [0.15, 0.2) is 0 Å². The number of amides is 1. The predicted octanol–water partition coefficient (Wildman–Crippen LogP) is 3.10. The predicted molar refractivity (Wildman–Crippen MR) is 66.3 cm³/mol. The summed E-state index contributed by atoms with van der Waals surface area (Å²) >= 11 is 3.34. The van der Waals surface area contributed by atoms with Crippen LogP contribution >= 0.6 is 15.9 Å². The molecule has 1 aromatic heterocycles. The Kier molecular flexibility index (Phi) is 3.31. The van der Waals surface area contributed by atoms with Crippen molar-refractivity contribution in [2.24, 2.45) is 0 Å². The first kappa shape index (κ1) is 10.8. The van der Waals surface area contributed by atoms with E-state index in [4.69, 9.17) is 0 Å². The Hall–Kier alpha value is -1.68. The van der Waals surface area contributed by atoms with Crippen molar-refractivity contribution in [1.29, 1.82) is 0 Å². The molecule has 0 spiro atoms. The largest absolute Gasteiger partial charge is 0.322 e. The van der Waals surface area contributed by atoms with Crippen LogP contribution in [0.1, 0.15) is 10.4 Å². The summed E-state index contributed by atoms with van der Waals surface area (Å²) in [6.45, 7) is 0. The van der Waals surface area contributed by atoms with Gasteiger partial charge in [-0.2, -0.15) is 0 Å². The number of pyridine rings is 1. The summed E-state index contributed by atoms with van der Waals surface area (Å²) in [5.41, 5.74) is 1.30. The lowest BCUT2D eigenvalue weighted by atomic mass is 10.2. The van der Waals surface area contributed by atoms with Gasteiger partial charge in [0, 0.05) is 22.6 Å². The first-order chi connectivity index (χ1) is 7.75. The molecule has 2 aromatic rings. The van der Waals surface area contributed by atoms with Crippen LogP contribution in [0.15, 0.2) is 53.3 Å². The maximum Gasteiger partial charge on any atom is 0.257 e. The Balaban J connectivity index is 2.14. The molecule has 1 heterocycles. The second kappa shape index (κ2) is 4.90. The highest BCUT2D eigenvalue weighted by molar-refractivity contribution is 9.10. The van der Waals surface area contributed by atoms with Crippen molar-refractivity contribution in [1.82, 2.24) is 4.98 Å². The Morgan fingerprint density at radius 3 is 2.81 bits per heavy atom. The Bertz CT molecular complexity index is 499. The molecule has 0 aliphatic heterocycles. The Labute approximate surface area is 102 Å². The molecule has 0 fully saturated rings. The highest BCUT2D eigenvalue weighted by Gasteiger charge is 2.05. The molecule has 0 saturated heterocycles. The first-order valence-corrected chi connectivity index (χ1v) is 5.52. The van der Waals surface area contributed by atoms with Gasteiger partial charge in [-0.15, -0.1) is 0 Å². The molecule has 4 heteroatoms. The van der Waals surface area contributed by atoms with E-state index in [1.165, 1.54) is 6.20 Å². The van der Waals surface area contributed by atoms with Gasteiger partial charge in [0.25, 0.3) is 5.91 Å². The Morgan fingerprint density at radius 1 is 1.25 bits per heavy atom. The lowest BCUT2D eigenvalue weighted by molar-refractivity contribution is 0.102. The second-order valence-electron chi connectivity index (χ2n) is 3.21. The van der Waals surface area contributed by atoms with Crippen LogP contribution in [-0.4, -0.2) is 10.9 Å². The molecule has 0 unspecified atom stereocenters. The van der Waals surface area contributed by atoms with Gasteiger partial charge in [-0.3, -0.25) is 9.78 Å². The monoisotopic (exact) mass is 276 g/mol. The second-order valence-corrected chi connectivity index (χ2v) is 4.12. The summed E-state index contributed by atoms with van der Waals surface area (Å²) in [5, 5.41) is 2.79. The summed E-state index contributed by atoms with van der Waals surface area (Å²) in [4.78, 5) is 15.7. The number of nitrogens with one attached hydrogen (secondary N) is 1. The molecule has 0 saturated carbocycles. The van der Waals surface area contributed by atoms with Gasteiger partial charge >= 0.3 is 0 Å². The summed E-state index contributed by atoms with van der Waals surface area (Å²) in [7, 11) is 0. The smallest absolute Gasteiger partial charge is 0.257 e. The number of anilines is 1. The minimum atomic E-state index is -0.161. The quantitative estimate of drug-likeness (QED) is 0.916. The molecule has 80 valence electrons. The summed E-state index contributed by atoms with van der Waals surface area (Å²) < 4.78 is 0.927. The Morgan fingerprint density at radius 2 is 2.12 bits per heavy atom. The number of rotatable bonds is 2. The van der Waals surface area contributed by atoms with Crippen LogP contribution in [0.3, 0.4) is 0 Å². The zero-order valence-electron chi connectivity index (χ0n) is 8.35. The van der Waals surface area contributed by atoms with Gasteiger partial charge in [-0.1, -0.05) is 22.0 Å². The van der Waals surface area contributed by atoms with Crippen LogP contribution in [0, 0.1) is 0 Å². The molecule has 0 aliphatic carbocycles. The number of benzene rings is 1. The summed E-state index contributed by atoms with van der Waals surface area (Å²) in [6, 6.07) is 10.9. The third-order valence-electron chi connectivity index (χ3n) is 2.01. The van der Waals surface area contributed by atoms with Crippen LogP contribution in [-0.2, 0) is 0 Å². The molecular formula is C12H9BrN2O. The zero-order valence-corrected chi connectivity index (χ0v) is 9.94. The van der Waals surface area contributed by atoms with Gasteiger partial charge in [-0.05, 0) is 30.3 Å². The standard InChI is InChI=1S/C12H9BrN2O/c13-10-4-1-5-11(7-10)15-12(16)9-3-2-6-14-8-9/h1-8H,(H,15,16). The molecule has 0 atom stereocenters. The number of carbonyl (C=O) groups excluding carboxylic acids is 1. The number of hydrogen-bond acceptors (Lipinski definition) is 2. The van der Waals surface area contributed by atoms with Crippen LogP contribution < -0.4 is 5.32 Å². The van der Waals surface area contributed by atoms with Crippen LogP contribution in [0.5, 0.6) is 0 Å². The molecule has 1 amide bonds. The van der Waals surface area contributed by atoms with Crippen molar-refractivity contribution in [3.63, 3.8) is 0 Å². The minimum absolute atomic E-state index is 0.161. The van der Waals surface area contributed by atoms with E-state index >= 15 is 0 Å². The van der Waals surface area contributed by atoms with Crippen molar-refractivity contribution < 1.29 is 4.79 Å². The molecule has 0 bridgehead atoms. The molecule has 16 heavy (non-hydrogen) atoms. The van der Waals surface area contributed by atoms with Crippen LogP contribution in [0.25, 0.3) is 0 Å². The van der Waals surface area contributed by atoms with Crippen LogP contribution in [0.4, 0.5) is 5.69 Å². The number of carbonyl (C=O) groups is 1. The van der Waals surface area contributed by atoms with E-state index in [1.807, 2.05) is 24.3 Å². The molecule has 0 aliphatic rings. The van der Waals surface area contributed by atoms with E-state index in [9.17, 15) is 4.79 Å². The van der Waals surface area contributed by atoms with E-state index in [0.29, 0.717) is 5.56 Å². The van der Waals surface area contributed by atoms with Gasteiger partial charge < -0.3 is 5.32 Å². The fourth-order valence-electron chi connectivity index (χ4n) is 1.27. The van der Waals surface area contributed by atoms with E-state index in [1.54, 1.807) is 18.3 Å². The summed E-state index contributed by atoms with van der Waals surface area (Å²) in [6.07, 6.45) is 3.17. The maximum absolute atomic E-state index is 11.8. The normalized spacial score (nSPS) is 9.81. The van der Waals surface area contributed by atoms with E-state index in [2.05, 4.69) is 26.2 Å². The van der Waals surface area contributed by atoms with Gasteiger partial charge in [0.2, 0.25) is 0 Å². The van der Waals surface area contributed by atoms with E-state index < -0.39 is 0 Å². The summed E-state index contributed by atoms with van der Waals surface area (Å²) in [5.74, 6) is -0.161. The SMILES string of the molecule is O=C(Nc1cccc(Br)c1)c1cccnc1. The number of hydrogen-bond donors (Lipinski definition) is 1. The fraction of sp³-hybridized carbons (Fsp3) is 0. The molecular weight excluding hydrogens is 268 g/mol. The van der Waals surface area contributed by atoms with Crippen molar-refractivity contribution in [2.45, 2.75) is 0 Å². The average Bonchev–Trinajstić information content (AvgIpc) is 2.30. The lowest BCUT2D eigenvalue weighted by Crippen LogP contribution is -2.11. The lowest BCUT2D eigenvalue weighted by Gasteiger charge is -2.04. The van der Waals surface area contributed by atoms with Crippen molar-refractivity contribution in [3.05, 3.63) is 58.8 Å². The van der Waals surface area contributed by atoms with E-state index in [-0.39, 0.29) is 5.91 Å². The highest BCUT2D eigenvalue weighted by atomic mass is 79.9. The van der Waals surface area contributed by atoms with Gasteiger partial charge in [-0.25, -0.2) is 0 Å². The fourth-order valence-corrected chi connectivity index (χ4v) is 1.67. The molecule has 2 rings (SSSR count). The van der Waals surface area contributed by atoms with Gasteiger partial charge in [0.05, 0.1) is 5.56 Å². The molecule has 1 aromatic carbocycles. The van der Waals surface area contributed by atoms with E-state index in [0.717, 1.165) is 10.2 Å². The molecule has 3 nitrogen and oxygen atoms in total. The maximum atomic E-state index is 11.8. The number of aromatic nitrogens is 1. The highest BCUT2D eigenvalue weighted by Crippen LogP contribution is 2.16. The molecule has 1 N–H and O–H groups in total. The van der Waals surface area contributed by atoms with Crippen molar-refractivity contribution in [2.75, 3.05) is 5.32 Å². The zero-order chi connectivity index (χ0) is 11.4. The number of nitrogens with zero attached hydrogens (tertiary/aromatic N) is 1. The van der Waals surface area contributed by atoms with Gasteiger partial charge in [0.1, 0.15) is 0 Å². The third kappa shape index (κ3) is 2.67. The topological polar surface area (TPSA) is 42.0 Å². The van der Waals surface area contributed by atoms with Crippen molar-refractivity contribution >= 4 is 27.5 Å². The van der Waals surface area contributed by atoms with Crippen LogP contribution in [0.2, 0.25) is 0 Å². The number of halogens is 1.